The third-order valence-electron chi connectivity index (χ3n) is 8.94. The normalized spacial score (nSPS) is 18.4. The number of hydrogen-bond donors (Lipinski definition) is 5. The van der Waals surface area contributed by atoms with E-state index in [-0.39, 0.29) is 31.6 Å². The number of aliphatic hydroxyl groups excluding tert-OH is 3. The Labute approximate surface area is 342 Å². The number of aromatic nitrogens is 4. The third kappa shape index (κ3) is 14.7. The van der Waals surface area contributed by atoms with Gasteiger partial charge in [0.15, 0.2) is 0 Å². The molecule has 2 amide bonds. The van der Waals surface area contributed by atoms with Crippen LogP contribution in [0, 0.1) is 27.7 Å². The number of aliphatic hydroxyl groups is 3. The first kappa shape index (κ1) is 51.3. The van der Waals surface area contributed by atoms with Gasteiger partial charge in [0.25, 0.3) is 0 Å². The zero-order valence-corrected chi connectivity index (χ0v) is 41.5. The third-order valence-corrected chi connectivity index (χ3v) is 31.3. The number of aryl methyl sites for hydroxylation is 4. The van der Waals surface area contributed by atoms with Gasteiger partial charge in [-0.2, -0.15) is 19.6 Å². The maximum Gasteiger partial charge on any atom is 0.484 e. The summed E-state index contributed by atoms with van der Waals surface area (Å²) in [6.07, 6.45) is -0.767. The van der Waals surface area contributed by atoms with Crippen molar-refractivity contribution in [2.75, 3.05) is 67.3 Å². The quantitative estimate of drug-likeness (QED) is 0.0663. The molecule has 21 nitrogen and oxygen atoms in total. The highest BCUT2D eigenvalue weighted by molar-refractivity contribution is 6.88. The first-order valence-electron chi connectivity index (χ1n) is 18.3. The summed E-state index contributed by atoms with van der Waals surface area (Å²) in [6, 6.07) is 3.05. The molecule has 5 atom stereocenters. The van der Waals surface area contributed by atoms with Crippen molar-refractivity contribution in [3.63, 3.8) is 0 Å². The minimum absolute atomic E-state index is 0.0886. The Kier molecular flexibility index (Phi) is 19.9. The monoisotopic (exact) mass is 916 g/mol. The smallest absolute Gasteiger partial charge is 0.397 e. The first-order chi connectivity index (χ1) is 26.6. The van der Waals surface area contributed by atoms with Crippen LogP contribution in [-0.2, 0) is 42.7 Å². The minimum atomic E-state index is -4.07. The largest absolute Gasteiger partial charge is 0.484 e. The maximum absolute atomic E-state index is 13.0. The van der Waals surface area contributed by atoms with E-state index in [1.165, 1.54) is 44.9 Å². The van der Waals surface area contributed by atoms with Crippen molar-refractivity contribution in [2.45, 2.75) is 78.8 Å². The summed E-state index contributed by atoms with van der Waals surface area (Å²) >= 11 is 0. The SMILES string of the molecule is CO[Si](C)(CO)O[Si](C)(O[Si](C)(CO)OC)O[Si](C)(OC)O[Si](CCCNC(=O)n1nc(C)cc1C)(OC)O[Si](CO)(CCCNC(=O)n1nc(C)cc1C)OC. The molecule has 0 saturated carbocycles. The molecule has 0 aliphatic carbocycles. The van der Waals surface area contributed by atoms with E-state index in [4.69, 9.17) is 42.7 Å². The van der Waals surface area contributed by atoms with Crippen LogP contribution in [-0.4, -0.2) is 166 Å². The van der Waals surface area contributed by atoms with Crippen molar-refractivity contribution < 1.29 is 67.6 Å². The maximum atomic E-state index is 13.0. The van der Waals surface area contributed by atoms with Crippen LogP contribution in [0.2, 0.25) is 38.3 Å². The van der Waals surface area contributed by atoms with Gasteiger partial charge in [-0.1, -0.05) is 0 Å². The summed E-state index contributed by atoms with van der Waals surface area (Å²) in [7, 11) is -15.3. The highest BCUT2D eigenvalue weighted by Crippen LogP contribution is 2.33. The number of carbonyl (C=O) groups is 2. The Bertz CT molecular complexity index is 1560. The van der Waals surface area contributed by atoms with Crippen molar-refractivity contribution in [2.24, 2.45) is 0 Å². The van der Waals surface area contributed by atoms with Crippen molar-refractivity contribution in [1.82, 2.24) is 30.2 Å². The van der Waals surface area contributed by atoms with Crippen LogP contribution < -0.4 is 10.6 Å². The Hall–Kier alpha value is -1.86. The topological polar surface area (TPSA) is 247 Å². The molecule has 27 heteroatoms. The second kappa shape index (κ2) is 22.1. The lowest BCUT2D eigenvalue weighted by molar-refractivity contribution is 0.0851. The van der Waals surface area contributed by atoms with Crippen molar-refractivity contribution >= 4 is 64.2 Å². The van der Waals surface area contributed by atoms with E-state index in [0.29, 0.717) is 29.2 Å². The fraction of sp³-hybridized carbons (Fsp3) is 0.733. The molecule has 0 fully saturated rings. The molecule has 0 aromatic carbocycles. The lowest BCUT2D eigenvalue weighted by atomic mass is 10.4. The van der Waals surface area contributed by atoms with Gasteiger partial charge in [-0.15, -0.1) is 0 Å². The van der Waals surface area contributed by atoms with Crippen LogP contribution in [0.5, 0.6) is 0 Å². The number of nitrogens with zero attached hydrogens (tertiary/aromatic N) is 4. The lowest BCUT2D eigenvalue weighted by Crippen LogP contribution is -2.68. The summed E-state index contributed by atoms with van der Waals surface area (Å²) in [6.45, 7) is 13.9. The fourth-order valence-corrected chi connectivity index (χ4v) is 28.5. The molecular formula is C30H64N6O15Si6. The van der Waals surface area contributed by atoms with Gasteiger partial charge in [-0.05, 0) is 71.8 Å². The molecule has 2 rings (SSSR count). The molecule has 0 aliphatic heterocycles. The highest BCUT2D eigenvalue weighted by Gasteiger charge is 2.60. The Morgan fingerprint density at radius 1 is 0.596 bits per heavy atom. The van der Waals surface area contributed by atoms with Gasteiger partial charge in [0.1, 0.15) is 0 Å². The van der Waals surface area contributed by atoms with Gasteiger partial charge in [0, 0.05) is 79.2 Å². The first-order valence-corrected chi connectivity index (χ1v) is 32.0. The molecule has 0 spiro atoms. The van der Waals surface area contributed by atoms with Crippen LogP contribution in [0.15, 0.2) is 12.1 Å². The van der Waals surface area contributed by atoms with E-state index < -0.39 is 82.8 Å². The second-order valence-electron chi connectivity index (χ2n) is 13.9. The molecule has 2 aromatic rings. The molecular weight excluding hydrogens is 853 g/mol. The Morgan fingerprint density at radius 3 is 1.39 bits per heavy atom. The molecule has 0 saturated heterocycles. The summed E-state index contributed by atoms with van der Waals surface area (Å²) < 4.78 is 64.8. The predicted octanol–water partition coefficient (Wildman–Crippen LogP) is 1.48. The summed E-state index contributed by atoms with van der Waals surface area (Å²) in [5.74, 6) is 0. The average molecular weight is 917 g/mol. The predicted molar refractivity (Wildman–Crippen MR) is 220 cm³/mol. The average Bonchev–Trinajstić information content (AvgIpc) is 3.71. The number of carbonyl (C=O) groups excluding carboxylic acids is 2. The molecule has 0 radical (unpaired) electrons. The summed E-state index contributed by atoms with van der Waals surface area (Å²) in [5.41, 5.74) is 2.75. The van der Waals surface area contributed by atoms with Gasteiger partial charge in [-0.3, -0.25) is 0 Å². The lowest BCUT2D eigenvalue weighted by Gasteiger charge is -2.44. The molecule has 57 heavy (non-hydrogen) atoms. The van der Waals surface area contributed by atoms with Crippen molar-refractivity contribution in [1.29, 1.82) is 0 Å². The fourth-order valence-electron chi connectivity index (χ4n) is 5.68. The summed E-state index contributed by atoms with van der Waals surface area (Å²) in [4.78, 5) is 25.8. The van der Waals surface area contributed by atoms with Crippen LogP contribution >= 0.6 is 0 Å². The molecule has 328 valence electrons. The van der Waals surface area contributed by atoms with Gasteiger partial charge in [-0.25, -0.2) is 9.59 Å². The molecule has 5 N–H and O–H groups in total. The van der Waals surface area contributed by atoms with E-state index in [2.05, 4.69) is 20.8 Å². The second-order valence-corrected chi connectivity index (χ2v) is 33.2. The zero-order valence-electron chi connectivity index (χ0n) is 35.5. The number of hydrogen-bond acceptors (Lipinski definition) is 17. The summed E-state index contributed by atoms with van der Waals surface area (Å²) in [5, 5.41) is 45.5. The van der Waals surface area contributed by atoms with Gasteiger partial charge < -0.3 is 68.7 Å². The van der Waals surface area contributed by atoms with Crippen LogP contribution in [0.3, 0.4) is 0 Å². The van der Waals surface area contributed by atoms with Crippen LogP contribution in [0.4, 0.5) is 9.59 Å². The number of amides is 2. The molecule has 2 aromatic heterocycles. The molecule has 0 aliphatic rings. The zero-order chi connectivity index (χ0) is 43.3. The molecule has 0 bridgehead atoms. The minimum Gasteiger partial charge on any atom is -0.397 e. The van der Waals surface area contributed by atoms with Gasteiger partial charge in [0.05, 0.1) is 30.1 Å². The molecule has 2 heterocycles. The van der Waals surface area contributed by atoms with E-state index in [0.717, 1.165) is 0 Å². The van der Waals surface area contributed by atoms with Gasteiger partial charge >= 0.3 is 64.2 Å². The van der Waals surface area contributed by atoms with Gasteiger partial charge in [0.2, 0.25) is 0 Å². The van der Waals surface area contributed by atoms with Crippen LogP contribution in [0.25, 0.3) is 0 Å². The standard InChI is InChI=1S/C30H64N6O15Si6/c1-25-20-27(3)35(33-25)29(40)31-16-14-18-56(24-39,45-8)51-57(46-9,19-15-17-32-30(41)36-28(4)21-26(2)34-36)50-54(12,44-7)49-55(13,47-52(10,22-37)42-5)48-53(11,23-38)43-6/h20-21,37-39H,14-19,22-24H2,1-13H3,(H,31,40)(H,32,41). The van der Waals surface area contributed by atoms with Crippen molar-refractivity contribution in [3.05, 3.63) is 34.9 Å². The van der Waals surface area contributed by atoms with E-state index in [1.54, 1.807) is 66.0 Å². The highest BCUT2D eigenvalue weighted by atomic mass is 28.5. The van der Waals surface area contributed by atoms with E-state index in [1.807, 2.05) is 0 Å². The molecule has 5 unspecified atom stereocenters. The Morgan fingerprint density at radius 2 is 1.05 bits per heavy atom. The van der Waals surface area contributed by atoms with Crippen LogP contribution in [0.1, 0.15) is 35.6 Å². The number of rotatable bonds is 26. The number of nitrogens with one attached hydrogen (secondary N) is 2. The van der Waals surface area contributed by atoms with Crippen molar-refractivity contribution in [3.8, 4) is 0 Å². The Balaban J connectivity index is 2.49. The van der Waals surface area contributed by atoms with E-state index >= 15 is 0 Å². The van der Waals surface area contributed by atoms with E-state index in [9.17, 15) is 24.9 Å².